The zero-order chi connectivity index (χ0) is 11.5. The summed E-state index contributed by atoms with van der Waals surface area (Å²) in [6, 6.07) is 13.5. The maximum absolute atomic E-state index is 12.8. The number of alkyl halides is 1. The van der Waals surface area contributed by atoms with E-state index in [1.54, 1.807) is 18.2 Å². The third kappa shape index (κ3) is 2.55. The lowest BCUT2D eigenvalue weighted by molar-refractivity contribution is 0.627. The number of hydrogen-bond donors (Lipinski definition) is 0. The van der Waals surface area contributed by atoms with E-state index in [-0.39, 0.29) is 11.2 Å². The molecular weight excluding hydrogens is 246 g/mol. The molecule has 0 aliphatic rings. The van der Waals surface area contributed by atoms with Crippen molar-refractivity contribution in [2.24, 2.45) is 0 Å². The van der Waals surface area contributed by atoms with Crippen molar-refractivity contribution in [1.82, 2.24) is 0 Å². The molecule has 0 heterocycles. The molecule has 2 aromatic carbocycles. The second-order valence-corrected chi connectivity index (χ2v) is 4.34. The van der Waals surface area contributed by atoms with Crippen LogP contribution in [0.4, 0.5) is 4.39 Å². The minimum atomic E-state index is -0.306. The van der Waals surface area contributed by atoms with Crippen molar-refractivity contribution in [3.8, 4) is 0 Å². The Kier molecular flexibility index (Phi) is 3.47. The lowest BCUT2D eigenvalue weighted by Crippen LogP contribution is -1.93. The van der Waals surface area contributed by atoms with Gasteiger partial charge in [0, 0.05) is 5.02 Å². The van der Waals surface area contributed by atoms with Gasteiger partial charge in [0.15, 0.2) is 0 Å². The van der Waals surface area contributed by atoms with Crippen molar-refractivity contribution >= 4 is 23.2 Å². The highest BCUT2D eigenvalue weighted by Crippen LogP contribution is 2.30. The molecule has 0 spiro atoms. The molecule has 0 fully saturated rings. The average Bonchev–Trinajstić information content (AvgIpc) is 2.29. The van der Waals surface area contributed by atoms with Gasteiger partial charge in [-0.2, -0.15) is 0 Å². The number of benzene rings is 2. The van der Waals surface area contributed by atoms with Crippen molar-refractivity contribution in [3.05, 3.63) is 70.5 Å². The van der Waals surface area contributed by atoms with Gasteiger partial charge >= 0.3 is 0 Å². The first-order chi connectivity index (χ1) is 7.66. The van der Waals surface area contributed by atoms with E-state index in [9.17, 15) is 4.39 Å². The Morgan fingerprint density at radius 3 is 2.25 bits per heavy atom. The summed E-state index contributed by atoms with van der Waals surface area (Å²) in [4.78, 5) is 0. The van der Waals surface area contributed by atoms with Crippen LogP contribution in [0.2, 0.25) is 5.02 Å². The molecular formula is C13H9Cl2F. The number of rotatable bonds is 2. The van der Waals surface area contributed by atoms with Crippen LogP contribution in [-0.2, 0) is 0 Å². The van der Waals surface area contributed by atoms with E-state index >= 15 is 0 Å². The van der Waals surface area contributed by atoms with Crippen LogP contribution < -0.4 is 0 Å². The van der Waals surface area contributed by atoms with Gasteiger partial charge in [0.25, 0.3) is 0 Å². The first-order valence-corrected chi connectivity index (χ1v) is 5.63. The maximum atomic E-state index is 12.8. The SMILES string of the molecule is Fc1ccc([C@H](Cl)c2cccc(Cl)c2)cc1. The van der Waals surface area contributed by atoms with Gasteiger partial charge in [0.05, 0.1) is 5.38 Å². The highest BCUT2D eigenvalue weighted by Gasteiger charge is 2.10. The molecule has 0 nitrogen and oxygen atoms in total. The highest BCUT2D eigenvalue weighted by atomic mass is 35.5. The molecule has 0 saturated heterocycles. The zero-order valence-electron chi connectivity index (χ0n) is 8.33. The first kappa shape index (κ1) is 11.4. The molecule has 0 N–H and O–H groups in total. The van der Waals surface area contributed by atoms with Gasteiger partial charge in [0.1, 0.15) is 5.82 Å². The van der Waals surface area contributed by atoms with Crippen LogP contribution in [0, 0.1) is 5.82 Å². The van der Waals surface area contributed by atoms with Crippen molar-refractivity contribution in [2.75, 3.05) is 0 Å². The van der Waals surface area contributed by atoms with Gasteiger partial charge in [-0.1, -0.05) is 35.9 Å². The van der Waals surface area contributed by atoms with Crippen LogP contribution in [0.15, 0.2) is 48.5 Å². The third-order valence-electron chi connectivity index (χ3n) is 2.30. The fourth-order valence-corrected chi connectivity index (χ4v) is 1.97. The molecule has 0 radical (unpaired) electrons. The van der Waals surface area contributed by atoms with E-state index in [1.165, 1.54) is 12.1 Å². The molecule has 0 bridgehead atoms. The van der Waals surface area contributed by atoms with Crippen LogP contribution in [0.1, 0.15) is 16.5 Å². The quantitative estimate of drug-likeness (QED) is 0.675. The zero-order valence-corrected chi connectivity index (χ0v) is 9.84. The smallest absolute Gasteiger partial charge is 0.123 e. The van der Waals surface area contributed by atoms with Crippen molar-refractivity contribution < 1.29 is 4.39 Å². The number of hydrogen-bond acceptors (Lipinski definition) is 0. The molecule has 0 aliphatic carbocycles. The molecule has 2 aromatic rings. The molecule has 3 heteroatoms. The van der Waals surface area contributed by atoms with Crippen molar-refractivity contribution in [2.45, 2.75) is 5.38 Å². The maximum Gasteiger partial charge on any atom is 0.123 e. The van der Waals surface area contributed by atoms with Crippen LogP contribution in [0.25, 0.3) is 0 Å². The van der Waals surface area contributed by atoms with Gasteiger partial charge in [0.2, 0.25) is 0 Å². The molecule has 16 heavy (non-hydrogen) atoms. The van der Waals surface area contributed by atoms with Gasteiger partial charge in [-0.05, 0) is 35.4 Å². The fraction of sp³-hybridized carbons (Fsp3) is 0.0769. The van der Waals surface area contributed by atoms with Gasteiger partial charge in [-0.25, -0.2) is 4.39 Å². The second-order valence-electron chi connectivity index (χ2n) is 3.47. The standard InChI is InChI=1S/C13H9Cl2F/c14-11-3-1-2-10(8-11)13(15)9-4-6-12(16)7-5-9/h1-8,13H/t13-/m0/s1. The third-order valence-corrected chi connectivity index (χ3v) is 3.04. The minimum Gasteiger partial charge on any atom is -0.207 e. The largest absolute Gasteiger partial charge is 0.207 e. The Morgan fingerprint density at radius 2 is 1.62 bits per heavy atom. The summed E-state index contributed by atoms with van der Waals surface area (Å²) in [6.45, 7) is 0. The molecule has 1 atom stereocenters. The lowest BCUT2D eigenvalue weighted by atomic mass is 10.0. The Hall–Kier alpha value is -1.05. The fourth-order valence-electron chi connectivity index (χ4n) is 1.49. The first-order valence-electron chi connectivity index (χ1n) is 4.82. The van der Waals surface area contributed by atoms with Gasteiger partial charge in [-0.3, -0.25) is 0 Å². The molecule has 2 rings (SSSR count). The lowest BCUT2D eigenvalue weighted by Gasteiger charge is -2.10. The second kappa shape index (κ2) is 4.86. The van der Waals surface area contributed by atoms with E-state index in [0.717, 1.165) is 11.1 Å². The Bertz CT molecular complexity index is 480. The van der Waals surface area contributed by atoms with E-state index in [4.69, 9.17) is 23.2 Å². The molecule has 0 saturated carbocycles. The molecule has 0 amide bonds. The molecule has 0 unspecified atom stereocenters. The summed E-state index contributed by atoms with van der Waals surface area (Å²) in [5.74, 6) is -0.265. The molecule has 0 aromatic heterocycles. The van der Waals surface area contributed by atoms with Gasteiger partial charge in [-0.15, -0.1) is 11.6 Å². The Morgan fingerprint density at radius 1 is 0.938 bits per heavy atom. The number of halogens is 3. The Labute approximate surface area is 104 Å². The Balaban J connectivity index is 2.31. The van der Waals surface area contributed by atoms with E-state index < -0.39 is 0 Å². The normalized spacial score (nSPS) is 12.4. The summed E-state index contributed by atoms with van der Waals surface area (Å²) in [6.07, 6.45) is 0. The monoisotopic (exact) mass is 254 g/mol. The van der Waals surface area contributed by atoms with E-state index in [1.807, 2.05) is 18.2 Å². The van der Waals surface area contributed by atoms with Crippen LogP contribution >= 0.6 is 23.2 Å². The molecule has 0 aliphatic heterocycles. The van der Waals surface area contributed by atoms with Crippen molar-refractivity contribution in [1.29, 1.82) is 0 Å². The predicted molar refractivity (Wildman–Crippen MR) is 65.5 cm³/mol. The summed E-state index contributed by atoms with van der Waals surface area (Å²) in [5.41, 5.74) is 1.76. The topological polar surface area (TPSA) is 0 Å². The van der Waals surface area contributed by atoms with Crippen LogP contribution in [0.3, 0.4) is 0 Å². The summed E-state index contributed by atoms with van der Waals surface area (Å²) in [5, 5.41) is 0.338. The summed E-state index contributed by atoms with van der Waals surface area (Å²) < 4.78 is 12.8. The predicted octanol–water partition coefficient (Wildman–Crippen LogP) is 4.81. The van der Waals surface area contributed by atoms with Crippen LogP contribution in [-0.4, -0.2) is 0 Å². The van der Waals surface area contributed by atoms with E-state index in [0.29, 0.717) is 5.02 Å². The van der Waals surface area contributed by atoms with E-state index in [2.05, 4.69) is 0 Å². The van der Waals surface area contributed by atoms with Crippen LogP contribution in [0.5, 0.6) is 0 Å². The van der Waals surface area contributed by atoms with Crippen molar-refractivity contribution in [3.63, 3.8) is 0 Å². The molecule has 82 valence electrons. The highest BCUT2D eigenvalue weighted by molar-refractivity contribution is 6.30. The summed E-state index contributed by atoms with van der Waals surface area (Å²) in [7, 11) is 0. The minimum absolute atomic E-state index is 0.265. The average molecular weight is 255 g/mol. The summed E-state index contributed by atoms with van der Waals surface area (Å²) >= 11 is 12.2. The van der Waals surface area contributed by atoms with Gasteiger partial charge < -0.3 is 0 Å².